The first-order chi connectivity index (χ1) is 7.76. The predicted octanol–water partition coefficient (Wildman–Crippen LogP) is 2.84. The summed E-state index contributed by atoms with van der Waals surface area (Å²) in [6.07, 6.45) is 6.78. The third-order valence-electron chi connectivity index (χ3n) is 4.10. The summed E-state index contributed by atoms with van der Waals surface area (Å²) in [5.41, 5.74) is 0.182. The molecule has 0 radical (unpaired) electrons. The van der Waals surface area contributed by atoms with Gasteiger partial charge in [-0.3, -0.25) is 0 Å². The Morgan fingerprint density at radius 2 is 2.31 bits per heavy atom. The SMILES string of the molecule is CCSCCC(O)C1CCOC2(CCC2)C1. The minimum Gasteiger partial charge on any atom is -0.393 e. The lowest BCUT2D eigenvalue weighted by atomic mass is 9.70. The third-order valence-corrected chi connectivity index (χ3v) is 5.03. The van der Waals surface area contributed by atoms with E-state index in [2.05, 4.69) is 6.92 Å². The lowest BCUT2D eigenvalue weighted by Crippen LogP contribution is -2.47. The van der Waals surface area contributed by atoms with E-state index in [-0.39, 0.29) is 11.7 Å². The number of hydrogen-bond acceptors (Lipinski definition) is 3. The van der Waals surface area contributed by atoms with Crippen LogP contribution in [0.5, 0.6) is 0 Å². The minimum atomic E-state index is -0.0968. The van der Waals surface area contributed by atoms with E-state index in [1.54, 1.807) is 0 Å². The first-order valence-corrected chi connectivity index (χ1v) is 7.81. The second-order valence-corrected chi connectivity index (χ2v) is 6.58. The van der Waals surface area contributed by atoms with Crippen molar-refractivity contribution in [1.82, 2.24) is 0 Å². The van der Waals surface area contributed by atoms with Gasteiger partial charge in [0.2, 0.25) is 0 Å². The molecule has 2 nitrogen and oxygen atoms in total. The molecule has 1 saturated carbocycles. The van der Waals surface area contributed by atoms with Gasteiger partial charge < -0.3 is 9.84 Å². The van der Waals surface area contributed by atoms with Gasteiger partial charge in [-0.1, -0.05) is 6.92 Å². The highest BCUT2D eigenvalue weighted by atomic mass is 32.2. The van der Waals surface area contributed by atoms with Gasteiger partial charge in [-0.25, -0.2) is 0 Å². The smallest absolute Gasteiger partial charge is 0.0686 e. The molecule has 3 heteroatoms. The topological polar surface area (TPSA) is 29.5 Å². The summed E-state index contributed by atoms with van der Waals surface area (Å²) in [4.78, 5) is 0. The molecular weight excluding hydrogens is 220 g/mol. The first kappa shape index (κ1) is 12.7. The largest absolute Gasteiger partial charge is 0.393 e. The van der Waals surface area contributed by atoms with Gasteiger partial charge in [0.1, 0.15) is 0 Å². The monoisotopic (exact) mass is 244 g/mol. The molecule has 2 aliphatic rings. The molecule has 0 bridgehead atoms. The summed E-state index contributed by atoms with van der Waals surface area (Å²) < 4.78 is 5.89. The molecule has 1 saturated heterocycles. The second kappa shape index (κ2) is 5.74. The van der Waals surface area contributed by atoms with Gasteiger partial charge >= 0.3 is 0 Å². The molecular formula is C13H24O2S. The van der Waals surface area contributed by atoms with Gasteiger partial charge in [-0.2, -0.15) is 11.8 Å². The Morgan fingerprint density at radius 1 is 1.50 bits per heavy atom. The van der Waals surface area contributed by atoms with Crippen molar-refractivity contribution in [2.75, 3.05) is 18.1 Å². The molecule has 1 aliphatic heterocycles. The van der Waals surface area contributed by atoms with E-state index in [1.807, 2.05) is 11.8 Å². The number of aliphatic hydroxyl groups excluding tert-OH is 1. The molecule has 94 valence electrons. The Hall–Kier alpha value is 0.270. The van der Waals surface area contributed by atoms with Gasteiger partial charge in [-0.05, 0) is 55.9 Å². The van der Waals surface area contributed by atoms with E-state index >= 15 is 0 Å². The van der Waals surface area contributed by atoms with Crippen LogP contribution in [0.2, 0.25) is 0 Å². The van der Waals surface area contributed by atoms with Crippen LogP contribution in [0.1, 0.15) is 45.4 Å². The molecule has 2 unspecified atom stereocenters. The Morgan fingerprint density at radius 3 is 2.94 bits per heavy atom. The molecule has 1 N–H and O–H groups in total. The zero-order valence-electron chi connectivity index (χ0n) is 10.3. The second-order valence-electron chi connectivity index (χ2n) is 5.19. The fraction of sp³-hybridized carbons (Fsp3) is 1.00. The molecule has 1 spiro atoms. The highest BCUT2D eigenvalue weighted by Gasteiger charge is 2.43. The van der Waals surface area contributed by atoms with Gasteiger partial charge in [0.25, 0.3) is 0 Å². The molecule has 2 atom stereocenters. The number of rotatable bonds is 5. The number of hydrogen-bond donors (Lipinski definition) is 1. The highest BCUT2D eigenvalue weighted by molar-refractivity contribution is 7.99. The van der Waals surface area contributed by atoms with E-state index in [1.165, 1.54) is 19.3 Å². The van der Waals surface area contributed by atoms with Crippen molar-refractivity contribution in [3.8, 4) is 0 Å². The lowest BCUT2D eigenvalue weighted by molar-refractivity contribution is -0.156. The van der Waals surface area contributed by atoms with Crippen LogP contribution in [0, 0.1) is 5.92 Å². The van der Waals surface area contributed by atoms with Crippen molar-refractivity contribution in [2.45, 2.75) is 57.2 Å². The molecule has 0 aromatic heterocycles. The standard InChI is InChI=1S/C13H24O2S/c1-2-16-9-5-12(14)11-4-8-15-13(10-11)6-3-7-13/h11-12,14H,2-10H2,1H3. The van der Waals surface area contributed by atoms with E-state index in [0.29, 0.717) is 5.92 Å². The van der Waals surface area contributed by atoms with Gasteiger partial charge in [-0.15, -0.1) is 0 Å². The summed E-state index contributed by atoms with van der Waals surface area (Å²) in [6.45, 7) is 3.04. The molecule has 16 heavy (non-hydrogen) atoms. The van der Waals surface area contributed by atoms with Crippen molar-refractivity contribution in [2.24, 2.45) is 5.92 Å². The van der Waals surface area contributed by atoms with Crippen LogP contribution < -0.4 is 0 Å². The zero-order valence-corrected chi connectivity index (χ0v) is 11.1. The Labute approximate surface area is 103 Å². The minimum absolute atomic E-state index is 0.0968. The summed E-state index contributed by atoms with van der Waals surface area (Å²) in [6, 6.07) is 0. The first-order valence-electron chi connectivity index (χ1n) is 6.65. The van der Waals surface area contributed by atoms with Crippen molar-refractivity contribution in [1.29, 1.82) is 0 Å². The van der Waals surface area contributed by atoms with Gasteiger partial charge in [0, 0.05) is 6.61 Å². The maximum Gasteiger partial charge on any atom is 0.0686 e. The van der Waals surface area contributed by atoms with Crippen molar-refractivity contribution >= 4 is 11.8 Å². The van der Waals surface area contributed by atoms with E-state index < -0.39 is 0 Å². The van der Waals surface area contributed by atoms with Crippen LogP contribution in [0.4, 0.5) is 0 Å². The maximum atomic E-state index is 10.2. The fourth-order valence-corrected chi connectivity index (χ4v) is 3.59. The quantitative estimate of drug-likeness (QED) is 0.754. The Balaban J connectivity index is 1.75. The van der Waals surface area contributed by atoms with Gasteiger partial charge in [0.05, 0.1) is 11.7 Å². The molecule has 1 aliphatic carbocycles. The van der Waals surface area contributed by atoms with Crippen molar-refractivity contribution in [3.63, 3.8) is 0 Å². The Kier molecular flexibility index (Phi) is 4.57. The average molecular weight is 244 g/mol. The lowest BCUT2D eigenvalue weighted by Gasteiger charge is -2.48. The van der Waals surface area contributed by atoms with Crippen LogP contribution >= 0.6 is 11.8 Å². The summed E-state index contributed by atoms with van der Waals surface area (Å²) in [5.74, 6) is 2.75. The van der Waals surface area contributed by atoms with Crippen LogP contribution in [0.25, 0.3) is 0 Å². The molecule has 0 aromatic rings. The summed E-state index contributed by atoms with van der Waals surface area (Å²) in [7, 11) is 0. The Bertz CT molecular complexity index is 216. The van der Waals surface area contributed by atoms with Gasteiger partial charge in [0.15, 0.2) is 0 Å². The van der Waals surface area contributed by atoms with Crippen LogP contribution in [-0.4, -0.2) is 34.9 Å². The number of ether oxygens (including phenoxy) is 1. The average Bonchev–Trinajstić information content (AvgIpc) is 2.27. The predicted molar refractivity (Wildman–Crippen MR) is 68.9 cm³/mol. The van der Waals surface area contributed by atoms with Crippen LogP contribution in [0.3, 0.4) is 0 Å². The molecule has 0 aromatic carbocycles. The number of aliphatic hydroxyl groups is 1. The molecule has 1 heterocycles. The fourth-order valence-electron chi connectivity index (χ4n) is 2.90. The highest BCUT2D eigenvalue weighted by Crippen LogP contribution is 2.45. The van der Waals surface area contributed by atoms with Crippen LogP contribution in [-0.2, 0) is 4.74 Å². The molecule has 2 rings (SSSR count). The molecule has 2 fully saturated rings. The summed E-state index contributed by atoms with van der Waals surface area (Å²) >= 11 is 1.93. The van der Waals surface area contributed by atoms with E-state index in [0.717, 1.165) is 37.4 Å². The third kappa shape index (κ3) is 2.93. The maximum absolute atomic E-state index is 10.2. The zero-order chi connectivity index (χ0) is 11.4. The normalized spacial score (nSPS) is 30.0. The summed E-state index contributed by atoms with van der Waals surface area (Å²) in [5, 5.41) is 10.2. The van der Waals surface area contributed by atoms with E-state index in [4.69, 9.17) is 4.74 Å². The van der Waals surface area contributed by atoms with E-state index in [9.17, 15) is 5.11 Å². The van der Waals surface area contributed by atoms with Crippen molar-refractivity contribution in [3.05, 3.63) is 0 Å². The number of thioether (sulfide) groups is 1. The van der Waals surface area contributed by atoms with Crippen molar-refractivity contribution < 1.29 is 9.84 Å². The molecule has 0 amide bonds. The van der Waals surface area contributed by atoms with Crippen LogP contribution in [0.15, 0.2) is 0 Å².